The van der Waals surface area contributed by atoms with Crippen molar-refractivity contribution in [1.29, 1.82) is 0 Å². The van der Waals surface area contributed by atoms with Crippen molar-refractivity contribution in [3.05, 3.63) is 17.5 Å². The van der Waals surface area contributed by atoms with Gasteiger partial charge >= 0.3 is 5.97 Å². The highest BCUT2D eigenvalue weighted by atomic mass is 16.5. The van der Waals surface area contributed by atoms with E-state index in [0.29, 0.717) is 13.0 Å². The minimum absolute atomic E-state index is 0.0284. The average molecular weight is 253 g/mol. The van der Waals surface area contributed by atoms with Gasteiger partial charge in [-0.1, -0.05) is 20.8 Å². The Morgan fingerprint density at radius 2 is 2.17 bits per heavy atom. The molecule has 1 rings (SSSR count). The Labute approximate surface area is 109 Å². The number of carbonyl (C=O) groups excluding carboxylic acids is 1. The zero-order valence-corrected chi connectivity index (χ0v) is 11.9. The van der Waals surface area contributed by atoms with E-state index in [1.165, 1.54) is 12.7 Å². The summed E-state index contributed by atoms with van der Waals surface area (Å²) in [4.78, 5) is 11.0. The summed E-state index contributed by atoms with van der Waals surface area (Å²) in [6, 6.07) is 0. The van der Waals surface area contributed by atoms with Crippen molar-refractivity contribution in [2.75, 3.05) is 13.7 Å². The van der Waals surface area contributed by atoms with Gasteiger partial charge in [-0.2, -0.15) is 5.10 Å². The molecule has 0 amide bonds. The fourth-order valence-electron chi connectivity index (χ4n) is 1.81. The highest BCUT2D eigenvalue weighted by molar-refractivity contribution is 5.69. The number of hydrogen-bond donors (Lipinski definition) is 1. The second-order valence-corrected chi connectivity index (χ2v) is 5.43. The molecule has 1 aromatic heterocycles. The molecule has 0 aliphatic carbocycles. The molecule has 18 heavy (non-hydrogen) atoms. The van der Waals surface area contributed by atoms with Gasteiger partial charge in [0.2, 0.25) is 0 Å². The summed E-state index contributed by atoms with van der Waals surface area (Å²) in [5.41, 5.74) is 2.30. The Morgan fingerprint density at radius 1 is 1.50 bits per heavy atom. The van der Waals surface area contributed by atoms with Gasteiger partial charge in [-0.3, -0.25) is 9.48 Å². The first kappa shape index (κ1) is 14.7. The summed E-state index contributed by atoms with van der Waals surface area (Å²) < 4.78 is 6.42. The summed E-state index contributed by atoms with van der Waals surface area (Å²) in [6.07, 6.45) is 2.41. The lowest BCUT2D eigenvalue weighted by molar-refractivity contribution is -0.140. The predicted molar refractivity (Wildman–Crippen MR) is 70.2 cm³/mol. The molecule has 0 radical (unpaired) electrons. The monoisotopic (exact) mass is 253 g/mol. The lowest BCUT2D eigenvalue weighted by Gasteiger charge is -2.17. The van der Waals surface area contributed by atoms with Gasteiger partial charge in [0.15, 0.2) is 0 Å². The molecule has 0 fully saturated rings. The predicted octanol–water partition coefficient (Wildman–Crippen LogP) is 1.37. The third kappa shape index (κ3) is 4.14. The number of ether oxygens (including phenoxy) is 1. The van der Waals surface area contributed by atoms with E-state index in [-0.39, 0.29) is 11.4 Å². The van der Waals surface area contributed by atoms with Crippen LogP contribution >= 0.6 is 0 Å². The third-order valence-corrected chi connectivity index (χ3v) is 2.66. The van der Waals surface area contributed by atoms with Gasteiger partial charge in [0, 0.05) is 37.3 Å². The molecule has 0 saturated heterocycles. The Balaban J connectivity index is 2.55. The van der Waals surface area contributed by atoms with Crippen LogP contribution < -0.4 is 5.32 Å². The van der Waals surface area contributed by atoms with E-state index in [1.807, 2.05) is 17.9 Å². The van der Waals surface area contributed by atoms with E-state index >= 15 is 0 Å². The van der Waals surface area contributed by atoms with Crippen LogP contribution in [0.4, 0.5) is 0 Å². The summed E-state index contributed by atoms with van der Waals surface area (Å²) in [5, 5.41) is 7.74. The second-order valence-electron chi connectivity index (χ2n) is 5.43. The topological polar surface area (TPSA) is 56.1 Å². The first-order valence-corrected chi connectivity index (χ1v) is 6.15. The van der Waals surface area contributed by atoms with Crippen LogP contribution in [0.15, 0.2) is 6.20 Å². The molecule has 1 heterocycles. The normalized spacial score (nSPS) is 11.6. The van der Waals surface area contributed by atoms with Crippen molar-refractivity contribution in [2.45, 2.75) is 39.2 Å². The number of nitrogens with zero attached hydrogens (tertiary/aromatic N) is 2. The number of aromatic nitrogens is 2. The average Bonchev–Trinajstić information content (AvgIpc) is 2.65. The minimum Gasteiger partial charge on any atom is -0.469 e. The Bertz CT molecular complexity index is 405. The van der Waals surface area contributed by atoms with Crippen LogP contribution in [0.5, 0.6) is 0 Å². The maximum atomic E-state index is 11.0. The van der Waals surface area contributed by atoms with Gasteiger partial charge in [-0.25, -0.2) is 0 Å². The Kier molecular flexibility index (Phi) is 4.90. The molecule has 102 valence electrons. The lowest BCUT2D eigenvalue weighted by Crippen LogP contribution is -2.21. The van der Waals surface area contributed by atoms with Gasteiger partial charge in [-0.05, 0) is 0 Å². The number of aryl methyl sites for hydroxylation is 1. The van der Waals surface area contributed by atoms with E-state index < -0.39 is 0 Å². The molecular formula is C13H23N3O2. The maximum Gasteiger partial charge on any atom is 0.306 e. The molecule has 0 aromatic carbocycles. The largest absolute Gasteiger partial charge is 0.469 e. The molecule has 0 bridgehead atoms. The van der Waals surface area contributed by atoms with Crippen molar-refractivity contribution in [1.82, 2.24) is 15.1 Å². The summed E-state index contributed by atoms with van der Waals surface area (Å²) in [7, 11) is 3.33. The van der Waals surface area contributed by atoms with Crippen LogP contribution in [-0.4, -0.2) is 29.4 Å². The van der Waals surface area contributed by atoms with Crippen molar-refractivity contribution in [3.8, 4) is 0 Å². The number of methoxy groups -OCH3 is 1. The molecule has 1 aromatic rings. The fraction of sp³-hybridized carbons (Fsp3) is 0.692. The standard InChI is InChI=1S/C13H23N3O2/c1-13(2,3)12-10(9-16(4)15-12)8-14-7-6-11(17)18-5/h9,14H,6-8H2,1-5H3. The van der Waals surface area contributed by atoms with E-state index in [1.54, 1.807) is 0 Å². The van der Waals surface area contributed by atoms with E-state index in [9.17, 15) is 4.79 Å². The van der Waals surface area contributed by atoms with Crippen LogP contribution in [0.3, 0.4) is 0 Å². The van der Waals surface area contributed by atoms with Crippen molar-refractivity contribution in [2.24, 2.45) is 7.05 Å². The van der Waals surface area contributed by atoms with Gasteiger partial charge in [0.25, 0.3) is 0 Å². The third-order valence-electron chi connectivity index (χ3n) is 2.66. The molecule has 0 atom stereocenters. The van der Waals surface area contributed by atoms with Gasteiger partial charge < -0.3 is 10.1 Å². The Morgan fingerprint density at radius 3 is 2.72 bits per heavy atom. The molecule has 0 spiro atoms. The maximum absolute atomic E-state index is 11.0. The number of carbonyl (C=O) groups is 1. The molecule has 0 unspecified atom stereocenters. The second kappa shape index (κ2) is 6.00. The van der Waals surface area contributed by atoms with Crippen LogP contribution in [0.25, 0.3) is 0 Å². The highest BCUT2D eigenvalue weighted by Gasteiger charge is 2.21. The van der Waals surface area contributed by atoms with Gasteiger partial charge in [0.05, 0.1) is 19.2 Å². The van der Waals surface area contributed by atoms with Gasteiger partial charge in [0.1, 0.15) is 0 Å². The van der Waals surface area contributed by atoms with E-state index in [4.69, 9.17) is 0 Å². The summed E-state index contributed by atoms with van der Waals surface area (Å²) in [5.74, 6) is -0.190. The van der Waals surface area contributed by atoms with E-state index in [2.05, 4.69) is 35.9 Å². The SMILES string of the molecule is COC(=O)CCNCc1cn(C)nc1C(C)(C)C. The first-order valence-electron chi connectivity index (χ1n) is 6.15. The van der Waals surface area contributed by atoms with Crippen LogP contribution in [-0.2, 0) is 28.5 Å². The number of nitrogens with one attached hydrogen (secondary N) is 1. The van der Waals surface area contributed by atoms with Gasteiger partial charge in [-0.15, -0.1) is 0 Å². The van der Waals surface area contributed by atoms with Crippen molar-refractivity contribution < 1.29 is 9.53 Å². The summed E-state index contributed by atoms with van der Waals surface area (Å²) in [6.45, 7) is 7.77. The zero-order valence-electron chi connectivity index (χ0n) is 11.9. The van der Waals surface area contributed by atoms with Crippen LogP contribution in [0, 0.1) is 0 Å². The van der Waals surface area contributed by atoms with Crippen molar-refractivity contribution >= 4 is 5.97 Å². The van der Waals surface area contributed by atoms with Crippen LogP contribution in [0.2, 0.25) is 0 Å². The van der Waals surface area contributed by atoms with E-state index in [0.717, 1.165) is 12.2 Å². The molecule has 5 nitrogen and oxygen atoms in total. The molecular weight excluding hydrogens is 230 g/mol. The Hall–Kier alpha value is -1.36. The molecule has 0 aliphatic heterocycles. The van der Waals surface area contributed by atoms with Crippen molar-refractivity contribution in [3.63, 3.8) is 0 Å². The molecule has 1 N–H and O–H groups in total. The minimum atomic E-state index is -0.190. The quantitative estimate of drug-likeness (QED) is 0.636. The molecule has 0 saturated carbocycles. The molecule has 5 heteroatoms. The summed E-state index contributed by atoms with van der Waals surface area (Å²) >= 11 is 0. The zero-order chi connectivity index (χ0) is 13.8. The number of esters is 1. The number of hydrogen-bond acceptors (Lipinski definition) is 4. The first-order chi connectivity index (χ1) is 8.34. The van der Waals surface area contributed by atoms with Crippen LogP contribution in [0.1, 0.15) is 38.4 Å². The molecule has 0 aliphatic rings. The fourth-order valence-corrected chi connectivity index (χ4v) is 1.81. The number of rotatable bonds is 5. The smallest absolute Gasteiger partial charge is 0.306 e. The highest BCUT2D eigenvalue weighted by Crippen LogP contribution is 2.23. The lowest BCUT2D eigenvalue weighted by atomic mass is 9.89.